The Labute approximate surface area is 88.9 Å². The average molecular weight is 254 g/mol. The summed E-state index contributed by atoms with van der Waals surface area (Å²) < 4.78 is 0.889. The highest BCUT2D eigenvalue weighted by atomic mass is 79.9. The SMILES string of the molecule is Cc1cc(Br)c2[nH]c(C(=O)O)cc2c1. The van der Waals surface area contributed by atoms with E-state index in [1.54, 1.807) is 6.07 Å². The topological polar surface area (TPSA) is 53.1 Å². The molecule has 2 aromatic rings. The van der Waals surface area contributed by atoms with Gasteiger partial charge >= 0.3 is 5.97 Å². The number of aromatic nitrogens is 1. The molecule has 0 spiro atoms. The summed E-state index contributed by atoms with van der Waals surface area (Å²) >= 11 is 3.39. The lowest BCUT2D eigenvalue weighted by molar-refractivity contribution is 0.0691. The number of aryl methyl sites for hydroxylation is 1. The fourth-order valence-electron chi connectivity index (χ4n) is 1.46. The van der Waals surface area contributed by atoms with Crippen molar-refractivity contribution in [2.24, 2.45) is 0 Å². The van der Waals surface area contributed by atoms with E-state index in [9.17, 15) is 4.79 Å². The molecule has 0 bridgehead atoms. The van der Waals surface area contributed by atoms with Crippen molar-refractivity contribution >= 4 is 32.8 Å². The number of carboxylic acids is 1. The summed E-state index contributed by atoms with van der Waals surface area (Å²) in [5, 5.41) is 9.71. The van der Waals surface area contributed by atoms with Gasteiger partial charge in [0.2, 0.25) is 0 Å². The van der Waals surface area contributed by atoms with Crippen LogP contribution in [0.25, 0.3) is 10.9 Å². The second-order valence-electron chi connectivity index (χ2n) is 3.20. The number of aromatic amines is 1. The number of carbonyl (C=O) groups is 1. The second kappa shape index (κ2) is 3.13. The third kappa shape index (κ3) is 1.42. The van der Waals surface area contributed by atoms with Crippen LogP contribution < -0.4 is 0 Å². The monoisotopic (exact) mass is 253 g/mol. The quantitative estimate of drug-likeness (QED) is 0.821. The highest BCUT2D eigenvalue weighted by Crippen LogP contribution is 2.25. The highest BCUT2D eigenvalue weighted by Gasteiger charge is 2.09. The average Bonchev–Trinajstić information content (AvgIpc) is 2.47. The maximum atomic E-state index is 10.7. The maximum Gasteiger partial charge on any atom is 0.352 e. The van der Waals surface area contributed by atoms with E-state index in [1.165, 1.54) is 0 Å². The van der Waals surface area contributed by atoms with E-state index < -0.39 is 5.97 Å². The molecule has 3 nitrogen and oxygen atoms in total. The maximum absolute atomic E-state index is 10.7. The molecule has 0 radical (unpaired) electrons. The van der Waals surface area contributed by atoms with Crippen molar-refractivity contribution in [1.29, 1.82) is 0 Å². The van der Waals surface area contributed by atoms with Crippen LogP contribution in [0.4, 0.5) is 0 Å². The molecule has 0 aliphatic carbocycles. The molecular formula is C10H8BrNO2. The second-order valence-corrected chi connectivity index (χ2v) is 4.05. The molecule has 0 saturated heterocycles. The first-order valence-electron chi connectivity index (χ1n) is 4.10. The van der Waals surface area contributed by atoms with E-state index in [1.807, 2.05) is 19.1 Å². The summed E-state index contributed by atoms with van der Waals surface area (Å²) in [5.41, 5.74) is 2.14. The van der Waals surface area contributed by atoms with Gasteiger partial charge in [0.25, 0.3) is 0 Å². The number of benzene rings is 1. The van der Waals surface area contributed by atoms with Gasteiger partial charge in [0.1, 0.15) is 5.69 Å². The molecule has 2 N–H and O–H groups in total. The third-order valence-corrected chi connectivity index (χ3v) is 2.68. The Morgan fingerprint density at radius 2 is 2.14 bits per heavy atom. The van der Waals surface area contributed by atoms with Crippen LogP contribution in [0.1, 0.15) is 16.1 Å². The molecule has 0 aliphatic heterocycles. The summed E-state index contributed by atoms with van der Waals surface area (Å²) in [6.07, 6.45) is 0. The van der Waals surface area contributed by atoms with Crippen molar-refractivity contribution < 1.29 is 9.90 Å². The van der Waals surface area contributed by atoms with E-state index in [2.05, 4.69) is 20.9 Å². The van der Waals surface area contributed by atoms with Crippen LogP contribution >= 0.6 is 15.9 Å². The summed E-state index contributed by atoms with van der Waals surface area (Å²) in [5.74, 6) is -0.939. The molecule has 72 valence electrons. The number of aromatic carboxylic acids is 1. The van der Waals surface area contributed by atoms with Gasteiger partial charge < -0.3 is 10.1 Å². The molecule has 0 aliphatic rings. The van der Waals surface area contributed by atoms with E-state index in [0.29, 0.717) is 0 Å². The van der Waals surface area contributed by atoms with E-state index >= 15 is 0 Å². The number of nitrogens with one attached hydrogen (secondary N) is 1. The normalized spacial score (nSPS) is 10.7. The Morgan fingerprint density at radius 1 is 1.43 bits per heavy atom. The van der Waals surface area contributed by atoms with E-state index in [-0.39, 0.29) is 5.69 Å². The third-order valence-electron chi connectivity index (χ3n) is 2.05. The fourth-order valence-corrected chi connectivity index (χ4v) is 2.15. The standard InChI is InChI=1S/C10H8BrNO2/c1-5-2-6-4-8(10(13)14)12-9(6)7(11)3-5/h2-4,12H,1H3,(H,13,14). The van der Waals surface area contributed by atoms with Gasteiger partial charge in [-0.15, -0.1) is 0 Å². The first-order valence-corrected chi connectivity index (χ1v) is 4.89. The van der Waals surface area contributed by atoms with Gasteiger partial charge in [0.05, 0.1) is 5.52 Å². The van der Waals surface area contributed by atoms with Crippen LogP contribution in [0.5, 0.6) is 0 Å². The minimum Gasteiger partial charge on any atom is -0.477 e. The largest absolute Gasteiger partial charge is 0.477 e. The van der Waals surface area contributed by atoms with E-state index in [4.69, 9.17) is 5.11 Å². The number of hydrogen-bond acceptors (Lipinski definition) is 1. The molecule has 14 heavy (non-hydrogen) atoms. The predicted octanol–water partition coefficient (Wildman–Crippen LogP) is 2.94. The Kier molecular flexibility index (Phi) is 2.07. The molecule has 1 heterocycles. The molecule has 2 rings (SSSR count). The summed E-state index contributed by atoms with van der Waals surface area (Å²) in [4.78, 5) is 13.6. The smallest absolute Gasteiger partial charge is 0.352 e. The zero-order valence-corrected chi connectivity index (χ0v) is 9.05. The number of hydrogen-bond donors (Lipinski definition) is 2. The van der Waals surface area contributed by atoms with Crippen LogP contribution in [0.2, 0.25) is 0 Å². The lowest BCUT2D eigenvalue weighted by Crippen LogP contribution is -1.94. The van der Waals surface area contributed by atoms with Crippen molar-refractivity contribution in [1.82, 2.24) is 4.98 Å². The molecule has 0 atom stereocenters. The van der Waals surface area contributed by atoms with Crippen molar-refractivity contribution in [3.05, 3.63) is 33.9 Å². The minimum absolute atomic E-state index is 0.214. The van der Waals surface area contributed by atoms with Crippen LogP contribution in [-0.4, -0.2) is 16.1 Å². The molecule has 0 saturated carbocycles. The zero-order chi connectivity index (χ0) is 10.3. The lowest BCUT2D eigenvalue weighted by Gasteiger charge is -1.96. The van der Waals surface area contributed by atoms with Crippen molar-refractivity contribution in [2.75, 3.05) is 0 Å². The molecule has 1 aromatic carbocycles. The molecule has 1 aromatic heterocycles. The Morgan fingerprint density at radius 3 is 2.79 bits per heavy atom. The summed E-state index contributed by atoms with van der Waals surface area (Å²) in [6, 6.07) is 5.53. The number of fused-ring (bicyclic) bond motifs is 1. The number of carboxylic acid groups (broad SMARTS) is 1. The van der Waals surface area contributed by atoms with Gasteiger partial charge in [-0.05, 0) is 46.6 Å². The van der Waals surface area contributed by atoms with Crippen LogP contribution in [0, 0.1) is 6.92 Å². The number of halogens is 1. The van der Waals surface area contributed by atoms with Gasteiger partial charge in [-0.2, -0.15) is 0 Å². The summed E-state index contributed by atoms with van der Waals surface area (Å²) in [7, 11) is 0. The molecule has 0 fully saturated rings. The highest BCUT2D eigenvalue weighted by molar-refractivity contribution is 9.10. The molecule has 0 unspecified atom stereocenters. The van der Waals surface area contributed by atoms with Crippen LogP contribution in [-0.2, 0) is 0 Å². The number of H-pyrrole nitrogens is 1. The first-order chi connectivity index (χ1) is 6.58. The minimum atomic E-state index is -0.939. The van der Waals surface area contributed by atoms with Crippen molar-refractivity contribution in [3.63, 3.8) is 0 Å². The Hall–Kier alpha value is -1.29. The van der Waals surface area contributed by atoms with E-state index in [0.717, 1.165) is 20.9 Å². The molecular weight excluding hydrogens is 246 g/mol. The van der Waals surface area contributed by atoms with Gasteiger partial charge in [-0.1, -0.05) is 0 Å². The van der Waals surface area contributed by atoms with Gasteiger partial charge in [-0.25, -0.2) is 4.79 Å². The first kappa shape index (κ1) is 9.27. The van der Waals surface area contributed by atoms with Crippen molar-refractivity contribution in [2.45, 2.75) is 6.92 Å². The fraction of sp³-hybridized carbons (Fsp3) is 0.100. The number of rotatable bonds is 1. The molecule has 4 heteroatoms. The van der Waals surface area contributed by atoms with Crippen LogP contribution in [0.15, 0.2) is 22.7 Å². The van der Waals surface area contributed by atoms with Crippen molar-refractivity contribution in [3.8, 4) is 0 Å². The zero-order valence-electron chi connectivity index (χ0n) is 7.47. The Bertz CT molecular complexity index is 516. The lowest BCUT2D eigenvalue weighted by atomic mass is 10.2. The molecule has 0 amide bonds. The van der Waals surface area contributed by atoms with Gasteiger partial charge in [0, 0.05) is 9.86 Å². The van der Waals surface area contributed by atoms with Gasteiger partial charge in [0.15, 0.2) is 0 Å². The van der Waals surface area contributed by atoms with Gasteiger partial charge in [-0.3, -0.25) is 0 Å². The van der Waals surface area contributed by atoms with Crippen LogP contribution in [0.3, 0.4) is 0 Å². The predicted molar refractivity (Wildman–Crippen MR) is 57.7 cm³/mol. The summed E-state index contributed by atoms with van der Waals surface area (Å²) in [6.45, 7) is 1.97. The Balaban J connectivity index is 2.76.